The summed E-state index contributed by atoms with van der Waals surface area (Å²) in [6, 6.07) is 0. The van der Waals surface area contributed by atoms with E-state index in [1.165, 1.54) is 6.08 Å². The molecule has 0 fully saturated rings. The lowest BCUT2D eigenvalue weighted by Gasteiger charge is -1.86. The second-order valence-corrected chi connectivity index (χ2v) is 2.29. The number of ketones is 1. The van der Waals surface area contributed by atoms with E-state index < -0.39 is 0 Å². The molecule has 0 aromatic heterocycles. The van der Waals surface area contributed by atoms with Gasteiger partial charge in [0, 0.05) is 11.5 Å². The Bertz CT molecular complexity index is 168. The first-order valence-electron chi connectivity index (χ1n) is 3.23. The predicted octanol–water partition coefficient (Wildman–Crippen LogP) is 2.66. The second kappa shape index (κ2) is 5.24. The van der Waals surface area contributed by atoms with Crippen molar-refractivity contribution in [2.75, 3.05) is 0 Å². The molecule has 0 N–H and O–H groups in total. The van der Waals surface area contributed by atoms with E-state index in [2.05, 4.69) is 0 Å². The topological polar surface area (TPSA) is 17.1 Å². The third kappa shape index (κ3) is 4.33. The molecule has 0 aromatic rings. The zero-order valence-corrected chi connectivity index (χ0v) is 6.98. The van der Waals surface area contributed by atoms with Crippen molar-refractivity contribution >= 4 is 17.4 Å². The number of rotatable bonds is 3. The number of carbonyl (C=O) groups is 1. The average molecular weight is 159 g/mol. The van der Waals surface area contributed by atoms with Gasteiger partial charge in [-0.2, -0.15) is 0 Å². The number of halogens is 1. The molecule has 2 heteroatoms. The molecule has 0 unspecified atom stereocenters. The highest BCUT2D eigenvalue weighted by atomic mass is 35.5. The van der Waals surface area contributed by atoms with Crippen molar-refractivity contribution in [1.29, 1.82) is 0 Å². The monoisotopic (exact) mass is 158 g/mol. The minimum Gasteiger partial charge on any atom is -0.295 e. The number of allylic oxidation sites excluding steroid dienone is 4. The lowest BCUT2D eigenvalue weighted by Crippen LogP contribution is -1.87. The van der Waals surface area contributed by atoms with E-state index in [9.17, 15) is 4.79 Å². The van der Waals surface area contributed by atoms with E-state index >= 15 is 0 Å². The zero-order valence-electron chi connectivity index (χ0n) is 6.23. The molecule has 0 heterocycles. The molecule has 0 saturated heterocycles. The number of hydrogen-bond donors (Lipinski definition) is 0. The first kappa shape index (κ1) is 9.44. The summed E-state index contributed by atoms with van der Waals surface area (Å²) in [4.78, 5) is 10.7. The summed E-state index contributed by atoms with van der Waals surface area (Å²) in [5.41, 5.74) is 0. The van der Waals surface area contributed by atoms with Gasteiger partial charge in [-0.3, -0.25) is 4.79 Å². The molecule has 0 radical (unpaired) electrons. The van der Waals surface area contributed by atoms with Crippen LogP contribution in [0.3, 0.4) is 0 Å². The van der Waals surface area contributed by atoms with Gasteiger partial charge in [-0.25, -0.2) is 0 Å². The van der Waals surface area contributed by atoms with Crippen LogP contribution in [0, 0.1) is 0 Å². The van der Waals surface area contributed by atoms with Crippen molar-refractivity contribution in [2.45, 2.75) is 20.3 Å². The van der Waals surface area contributed by atoms with Crippen molar-refractivity contribution in [1.82, 2.24) is 0 Å². The normalized spacial score (nSPS) is 12.5. The third-order valence-electron chi connectivity index (χ3n) is 0.973. The van der Waals surface area contributed by atoms with Crippen molar-refractivity contribution in [3.05, 3.63) is 23.3 Å². The summed E-state index contributed by atoms with van der Waals surface area (Å²) < 4.78 is 0. The van der Waals surface area contributed by atoms with Crippen molar-refractivity contribution < 1.29 is 4.79 Å². The van der Waals surface area contributed by atoms with Gasteiger partial charge in [0.25, 0.3) is 0 Å². The molecular weight excluding hydrogens is 148 g/mol. The molecule has 0 aliphatic heterocycles. The fourth-order valence-corrected chi connectivity index (χ4v) is 0.711. The Kier molecular flexibility index (Phi) is 4.95. The Hall–Kier alpha value is -0.560. The summed E-state index contributed by atoms with van der Waals surface area (Å²) >= 11 is 5.61. The molecule has 56 valence electrons. The maximum atomic E-state index is 10.7. The van der Waals surface area contributed by atoms with Gasteiger partial charge in [0.1, 0.15) is 0 Å². The average Bonchev–Trinajstić information content (AvgIpc) is 1.88. The van der Waals surface area contributed by atoms with Gasteiger partial charge in [0.2, 0.25) is 0 Å². The fourth-order valence-electron chi connectivity index (χ4n) is 0.463. The molecule has 0 atom stereocenters. The summed E-state index contributed by atoms with van der Waals surface area (Å²) in [6.07, 6.45) is 5.42. The Morgan fingerprint density at radius 3 is 2.60 bits per heavy atom. The molecule has 0 amide bonds. The summed E-state index contributed by atoms with van der Waals surface area (Å²) in [7, 11) is 0. The molecule has 0 rings (SSSR count). The van der Waals surface area contributed by atoms with E-state index in [1.807, 2.05) is 6.92 Å². The van der Waals surface area contributed by atoms with Crippen LogP contribution in [0.5, 0.6) is 0 Å². The van der Waals surface area contributed by atoms with E-state index in [0.717, 1.165) is 0 Å². The largest absolute Gasteiger partial charge is 0.295 e. The van der Waals surface area contributed by atoms with Gasteiger partial charge in [-0.1, -0.05) is 24.6 Å². The smallest absolute Gasteiger partial charge is 0.156 e. The van der Waals surface area contributed by atoms with E-state index in [-0.39, 0.29) is 5.78 Å². The minimum atomic E-state index is 0.0584. The van der Waals surface area contributed by atoms with Crippen LogP contribution in [0.4, 0.5) is 0 Å². The Balaban J connectivity index is 4.02. The molecule has 0 aromatic carbocycles. The summed E-state index contributed by atoms with van der Waals surface area (Å²) in [5, 5.41) is 0.495. The highest BCUT2D eigenvalue weighted by Gasteiger charge is 1.91. The second-order valence-electron chi connectivity index (χ2n) is 1.85. The zero-order chi connectivity index (χ0) is 7.98. The Morgan fingerprint density at radius 1 is 1.60 bits per heavy atom. The van der Waals surface area contributed by atoms with Crippen LogP contribution in [0.25, 0.3) is 0 Å². The first-order chi connectivity index (χ1) is 4.70. The van der Waals surface area contributed by atoms with Gasteiger partial charge >= 0.3 is 0 Å². The summed E-state index contributed by atoms with van der Waals surface area (Å²) in [6.45, 7) is 3.66. The Morgan fingerprint density at radius 2 is 2.20 bits per heavy atom. The van der Waals surface area contributed by atoms with Gasteiger partial charge < -0.3 is 0 Å². The molecule has 0 aliphatic rings. The van der Waals surface area contributed by atoms with Gasteiger partial charge in [-0.05, 0) is 19.1 Å². The molecule has 0 saturated carbocycles. The lowest BCUT2D eigenvalue weighted by molar-refractivity contribution is -0.114. The van der Waals surface area contributed by atoms with Crippen molar-refractivity contribution in [3.8, 4) is 0 Å². The maximum absolute atomic E-state index is 10.7. The first-order valence-corrected chi connectivity index (χ1v) is 3.61. The highest BCUT2D eigenvalue weighted by molar-refractivity contribution is 6.32. The van der Waals surface area contributed by atoms with Gasteiger partial charge in [0.05, 0.1) is 0 Å². The van der Waals surface area contributed by atoms with E-state index in [0.29, 0.717) is 11.5 Å². The molecule has 0 spiro atoms. The van der Waals surface area contributed by atoms with E-state index in [4.69, 9.17) is 11.6 Å². The quantitative estimate of drug-likeness (QED) is 0.456. The van der Waals surface area contributed by atoms with E-state index in [1.54, 1.807) is 19.1 Å². The minimum absolute atomic E-state index is 0.0584. The fraction of sp³-hybridized carbons (Fsp3) is 0.375. The highest BCUT2D eigenvalue weighted by Crippen LogP contribution is 2.03. The van der Waals surface area contributed by atoms with Crippen molar-refractivity contribution in [3.63, 3.8) is 0 Å². The molecular formula is C8H11ClO. The lowest BCUT2D eigenvalue weighted by atomic mass is 10.3. The van der Waals surface area contributed by atoms with Crippen LogP contribution in [-0.2, 0) is 4.79 Å². The Labute approximate surface area is 66.4 Å². The predicted molar refractivity (Wildman–Crippen MR) is 44.0 cm³/mol. The molecule has 10 heavy (non-hydrogen) atoms. The summed E-state index contributed by atoms with van der Waals surface area (Å²) in [5.74, 6) is 0.0584. The van der Waals surface area contributed by atoms with Crippen LogP contribution in [0.1, 0.15) is 20.3 Å². The van der Waals surface area contributed by atoms with Crippen LogP contribution in [0.15, 0.2) is 23.3 Å². The number of carbonyl (C=O) groups excluding carboxylic acids is 1. The van der Waals surface area contributed by atoms with Gasteiger partial charge in [0.15, 0.2) is 5.78 Å². The molecule has 1 nitrogen and oxygen atoms in total. The van der Waals surface area contributed by atoms with Crippen LogP contribution in [-0.4, -0.2) is 5.78 Å². The van der Waals surface area contributed by atoms with Crippen LogP contribution >= 0.6 is 11.6 Å². The maximum Gasteiger partial charge on any atom is 0.156 e. The van der Waals surface area contributed by atoms with Crippen molar-refractivity contribution in [2.24, 2.45) is 0 Å². The standard InChI is InChI=1S/C8H11ClO/c1-3-5-7(9)6-8(10)4-2/h3,5-6H,4H2,1-2H3/b5-3+,7-6-. The molecule has 0 aliphatic carbocycles. The molecule has 0 bridgehead atoms. The van der Waals surface area contributed by atoms with Crippen LogP contribution < -0.4 is 0 Å². The van der Waals surface area contributed by atoms with Gasteiger partial charge in [-0.15, -0.1) is 0 Å². The van der Waals surface area contributed by atoms with Crippen LogP contribution in [0.2, 0.25) is 0 Å². The number of hydrogen-bond acceptors (Lipinski definition) is 1. The third-order valence-corrected chi connectivity index (χ3v) is 1.21. The SMILES string of the molecule is C/C=C/C(Cl)=C/C(=O)CC.